The number of halogens is 3. The van der Waals surface area contributed by atoms with Gasteiger partial charge in [0.2, 0.25) is 0 Å². The predicted octanol–water partition coefficient (Wildman–Crippen LogP) is 3.32. The fourth-order valence-corrected chi connectivity index (χ4v) is 2.14. The molecule has 7 heteroatoms. The third kappa shape index (κ3) is 6.78. The van der Waals surface area contributed by atoms with Crippen LogP contribution in [0.3, 0.4) is 0 Å². The van der Waals surface area contributed by atoms with E-state index in [0.717, 1.165) is 6.07 Å². The molecule has 136 valence electrons. The van der Waals surface area contributed by atoms with E-state index in [9.17, 15) is 18.0 Å². The number of rotatable bonds is 8. The number of carbonyl (C=O) groups excluding carboxylic acids is 1. The molecule has 1 aromatic rings. The molecule has 0 fully saturated rings. The van der Waals surface area contributed by atoms with Crippen LogP contribution in [0.4, 0.5) is 13.2 Å². The van der Waals surface area contributed by atoms with Gasteiger partial charge in [-0.05, 0) is 23.6 Å². The van der Waals surface area contributed by atoms with Crippen molar-refractivity contribution in [2.45, 2.75) is 45.8 Å². The Bertz CT molecular complexity index is 543. The first-order chi connectivity index (χ1) is 11.1. The molecular formula is C17H25F3N2O2. The molecule has 0 aliphatic rings. The zero-order valence-corrected chi connectivity index (χ0v) is 14.5. The second-order valence-corrected chi connectivity index (χ2v) is 6.15. The summed E-state index contributed by atoms with van der Waals surface area (Å²) in [5.41, 5.74) is -0.518. The summed E-state index contributed by atoms with van der Waals surface area (Å²) in [4.78, 5) is 11.6. The van der Waals surface area contributed by atoms with E-state index in [1.807, 2.05) is 13.8 Å². The topological polar surface area (TPSA) is 50.4 Å². The van der Waals surface area contributed by atoms with Crippen molar-refractivity contribution in [3.05, 3.63) is 29.3 Å². The van der Waals surface area contributed by atoms with Crippen molar-refractivity contribution in [2.24, 2.45) is 0 Å². The summed E-state index contributed by atoms with van der Waals surface area (Å²) >= 11 is 0. The maximum Gasteiger partial charge on any atom is 0.416 e. The molecule has 0 unspecified atom stereocenters. The predicted molar refractivity (Wildman–Crippen MR) is 87.2 cm³/mol. The minimum Gasteiger partial charge on any atom is -0.484 e. The second-order valence-electron chi connectivity index (χ2n) is 6.15. The van der Waals surface area contributed by atoms with Crippen LogP contribution in [0.1, 0.15) is 44.7 Å². The lowest BCUT2D eigenvalue weighted by atomic mass is 9.96. The van der Waals surface area contributed by atoms with Crippen LogP contribution in [0.25, 0.3) is 0 Å². The van der Waals surface area contributed by atoms with Gasteiger partial charge in [0.25, 0.3) is 5.91 Å². The standard InChI is InChI=1S/C17H25F3N2O2/c1-11(2)14-6-5-13(9-15(14)17(18,19)20)24-10-16(23)22-8-7-21-12(3)4/h5-6,9,11-12,21H,7-8,10H2,1-4H3,(H,22,23). The molecule has 0 saturated carbocycles. The van der Waals surface area contributed by atoms with Crippen molar-refractivity contribution >= 4 is 5.91 Å². The Balaban J connectivity index is 2.61. The molecule has 24 heavy (non-hydrogen) atoms. The molecule has 0 aliphatic heterocycles. The molecule has 0 atom stereocenters. The zero-order chi connectivity index (χ0) is 18.3. The van der Waals surface area contributed by atoms with Crippen molar-refractivity contribution in [1.82, 2.24) is 10.6 Å². The molecule has 0 bridgehead atoms. The monoisotopic (exact) mass is 346 g/mol. The molecule has 0 aromatic heterocycles. The van der Waals surface area contributed by atoms with Gasteiger partial charge >= 0.3 is 6.18 Å². The van der Waals surface area contributed by atoms with Crippen molar-refractivity contribution < 1.29 is 22.7 Å². The molecule has 0 heterocycles. The van der Waals surface area contributed by atoms with E-state index >= 15 is 0 Å². The quantitative estimate of drug-likeness (QED) is 0.710. The highest BCUT2D eigenvalue weighted by Gasteiger charge is 2.34. The van der Waals surface area contributed by atoms with E-state index in [1.54, 1.807) is 13.8 Å². The summed E-state index contributed by atoms with van der Waals surface area (Å²) in [5, 5.41) is 5.77. The largest absolute Gasteiger partial charge is 0.484 e. The lowest BCUT2D eigenvalue weighted by Gasteiger charge is -2.17. The van der Waals surface area contributed by atoms with Gasteiger partial charge in [-0.25, -0.2) is 0 Å². The smallest absolute Gasteiger partial charge is 0.416 e. The first-order valence-electron chi connectivity index (χ1n) is 7.95. The molecule has 2 N–H and O–H groups in total. The molecule has 0 saturated heterocycles. The third-order valence-electron chi connectivity index (χ3n) is 3.32. The van der Waals surface area contributed by atoms with Crippen LogP contribution < -0.4 is 15.4 Å². The van der Waals surface area contributed by atoms with Gasteiger partial charge in [-0.15, -0.1) is 0 Å². The van der Waals surface area contributed by atoms with Crippen molar-refractivity contribution in [1.29, 1.82) is 0 Å². The number of benzene rings is 1. The maximum absolute atomic E-state index is 13.1. The van der Waals surface area contributed by atoms with Crippen LogP contribution in [-0.2, 0) is 11.0 Å². The average molecular weight is 346 g/mol. The fraction of sp³-hybridized carbons (Fsp3) is 0.588. The Morgan fingerprint density at radius 2 is 1.83 bits per heavy atom. The van der Waals surface area contributed by atoms with Gasteiger partial charge in [0, 0.05) is 19.1 Å². The van der Waals surface area contributed by atoms with Gasteiger partial charge in [0.05, 0.1) is 5.56 Å². The number of nitrogens with one attached hydrogen (secondary N) is 2. The Morgan fingerprint density at radius 1 is 1.17 bits per heavy atom. The Kier molecular flexibility index (Phi) is 7.54. The van der Waals surface area contributed by atoms with E-state index in [4.69, 9.17) is 4.74 Å². The van der Waals surface area contributed by atoms with Gasteiger partial charge in [0.15, 0.2) is 6.61 Å². The number of hydrogen-bond acceptors (Lipinski definition) is 3. The van der Waals surface area contributed by atoms with Crippen LogP contribution in [0.15, 0.2) is 18.2 Å². The second kappa shape index (κ2) is 8.92. The highest BCUT2D eigenvalue weighted by molar-refractivity contribution is 5.77. The molecule has 1 rings (SSSR count). The van der Waals surface area contributed by atoms with E-state index in [2.05, 4.69) is 10.6 Å². The van der Waals surface area contributed by atoms with E-state index in [0.29, 0.717) is 19.1 Å². The Morgan fingerprint density at radius 3 is 2.38 bits per heavy atom. The van der Waals surface area contributed by atoms with Crippen molar-refractivity contribution in [3.8, 4) is 5.75 Å². The summed E-state index contributed by atoms with van der Waals surface area (Å²) in [6, 6.07) is 4.12. The van der Waals surface area contributed by atoms with Gasteiger partial charge in [0.1, 0.15) is 5.75 Å². The fourth-order valence-electron chi connectivity index (χ4n) is 2.14. The molecule has 1 amide bonds. The minimum atomic E-state index is -4.45. The normalized spacial score (nSPS) is 11.9. The summed E-state index contributed by atoms with van der Waals surface area (Å²) in [5.74, 6) is -0.600. The number of ether oxygens (including phenoxy) is 1. The maximum atomic E-state index is 13.1. The van der Waals surface area contributed by atoms with Crippen molar-refractivity contribution in [2.75, 3.05) is 19.7 Å². The zero-order valence-electron chi connectivity index (χ0n) is 14.5. The summed E-state index contributed by atoms with van der Waals surface area (Å²) < 4.78 is 44.5. The van der Waals surface area contributed by atoms with Crippen LogP contribution in [-0.4, -0.2) is 31.6 Å². The lowest BCUT2D eigenvalue weighted by Crippen LogP contribution is -2.36. The van der Waals surface area contributed by atoms with Gasteiger partial charge in [-0.3, -0.25) is 4.79 Å². The first-order valence-corrected chi connectivity index (χ1v) is 7.95. The van der Waals surface area contributed by atoms with Gasteiger partial charge in [-0.1, -0.05) is 33.8 Å². The van der Waals surface area contributed by atoms with Crippen LogP contribution in [0, 0.1) is 0 Å². The van der Waals surface area contributed by atoms with Crippen LogP contribution in [0.2, 0.25) is 0 Å². The average Bonchev–Trinajstić information content (AvgIpc) is 2.48. The Hall–Kier alpha value is -1.76. The first kappa shape index (κ1) is 20.3. The number of amides is 1. The van der Waals surface area contributed by atoms with Crippen LogP contribution >= 0.6 is 0 Å². The van der Waals surface area contributed by atoms with Gasteiger partial charge in [-0.2, -0.15) is 13.2 Å². The summed E-state index contributed by atoms with van der Waals surface area (Å²) in [6.45, 7) is 8.10. The number of hydrogen-bond donors (Lipinski definition) is 2. The molecule has 1 aromatic carbocycles. The summed E-state index contributed by atoms with van der Waals surface area (Å²) in [6.07, 6.45) is -4.45. The van der Waals surface area contributed by atoms with Gasteiger partial charge < -0.3 is 15.4 Å². The Labute approximate surface area is 140 Å². The number of alkyl halides is 3. The third-order valence-corrected chi connectivity index (χ3v) is 3.32. The van der Waals surface area contributed by atoms with Crippen molar-refractivity contribution in [3.63, 3.8) is 0 Å². The molecule has 0 spiro atoms. The SMILES string of the molecule is CC(C)NCCNC(=O)COc1ccc(C(C)C)c(C(F)(F)F)c1. The lowest BCUT2D eigenvalue weighted by molar-refractivity contribution is -0.138. The molecule has 4 nitrogen and oxygen atoms in total. The summed E-state index contributed by atoms with van der Waals surface area (Å²) in [7, 11) is 0. The van der Waals surface area contributed by atoms with E-state index in [-0.39, 0.29) is 29.7 Å². The van der Waals surface area contributed by atoms with E-state index in [1.165, 1.54) is 12.1 Å². The molecule has 0 radical (unpaired) electrons. The number of carbonyl (C=O) groups is 1. The highest BCUT2D eigenvalue weighted by Crippen LogP contribution is 2.37. The molecular weight excluding hydrogens is 321 g/mol. The van der Waals surface area contributed by atoms with Crippen LogP contribution in [0.5, 0.6) is 5.75 Å². The minimum absolute atomic E-state index is 0.0298. The molecule has 0 aliphatic carbocycles. The highest BCUT2D eigenvalue weighted by atomic mass is 19.4. The van der Waals surface area contributed by atoms with E-state index < -0.39 is 11.7 Å².